The monoisotopic (exact) mass is 493 g/mol. The van der Waals surface area contributed by atoms with Crippen molar-refractivity contribution in [2.45, 2.75) is 24.8 Å². The molecule has 3 rings (SSSR count). The number of thioether (sulfide) groups is 1. The van der Waals surface area contributed by atoms with E-state index in [1.54, 1.807) is 0 Å². The van der Waals surface area contributed by atoms with Gasteiger partial charge in [0, 0.05) is 55.9 Å². The number of amides is 1. The highest BCUT2D eigenvalue weighted by Gasteiger charge is 2.19. The molecule has 0 bridgehead atoms. The fraction of sp³-hybridized carbons (Fsp3) is 0.381. The summed E-state index contributed by atoms with van der Waals surface area (Å²) in [5.74, 6) is 2.07. The van der Waals surface area contributed by atoms with Crippen LogP contribution in [0.1, 0.15) is 17.5 Å². The van der Waals surface area contributed by atoms with Crippen LogP contribution < -0.4 is 15.8 Å². The largest absolute Gasteiger partial charge is 0.379 e. The number of hydrogen-bond acceptors (Lipinski definition) is 8. The zero-order chi connectivity index (χ0) is 24.0. The number of sulfonamides is 1. The first-order chi connectivity index (χ1) is 15.6. The van der Waals surface area contributed by atoms with Gasteiger partial charge < -0.3 is 10.6 Å². The number of hydrogen-bond donors (Lipinski definition) is 3. The van der Waals surface area contributed by atoms with Crippen LogP contribution in [0.3, 0.4) is 0 Å². The van der Waals surface area contributed by atoms with Crippen LogP contribution in [0.25, 0.3) is 0 Å². The summed E-state index contributed by atoms with van der Waals surface area (Å²) in [5.41, 5.74) is 2.57. The predicted octanol–water partition coefficient (Wildman–Crippen LogP) is 2.54. The maximum atomic E-state index is 12.4. The Kier molecular flexibility index (Phi) is 8.30. The molecule has 2 aromatic rings. The van der Waals surface area contributed by atoms with Crippen LogP contribution in [-0.2, 0) is 21.4 Å². The smallest absolute Gasteiger partial charge is 0.293 e. The number of carbonyl (C=O) groups is 1. The Balaban J connectivity index is 1.55. The molecule has 1 saturated heterocycles. The first kappa shape index (κ1) is 25.0. The summed E-state index contributed by atoms with van der Waals surface area (Å²) in [7, 11) is -4.06. The van der Waals surface area contributed by atoms with Crippen LogP contribution in [0.15, 0.2) is 41.3 Å². The Morgan fingerprint density at radius 1 is 1.18 bits per heavy atom. The normalized spacial score (nSPS) is 14.6. The van der Waals surface area contributed by atoms with Crippen LogP contribution in [0.4, 0.5) is 17.1 Å². The quantitative estimate of drug-likeness (QED) is 0.357. The molecule has 0 aromatic heterocycles. The van der Waals surface area contributed by atoms with E-state index in [9.17, 15) is 23.3 Å². The van der Waals surface area contributed by atoms with Crippen LogP contribution in [0.5, 0.6) is 0 Å². The van der Waals surface area contributed by atoms with Crippen molar-refractivity contribution in [2.75, 3.05) is 41.8 Å². The first-order valence-corrected chi connectivity index (χ1v) is 13.1. The fourth-order valence-electron chi connectivity index (χ4n) is 3.49. The average molecular weight is 494 g/mol. The zero-order valence-corrected chi connectivity index (χ0v) is 19.9. The van der Waals surface area contributed by atoms with Gasteiger partial charge in [0.2, 0.25) is 15.9 Å². The van der Waals surface area contributed by atoms with Crippen molar-refractivity contribution in [3.05, 3.63) is 57.6 Å². The van der Waals surface area contributed by atoms with Crippen LogP contribution >= 0.6 is 11.8 Å². The molecule has 1 fully saturated rings. The van der Waals surface area contributed by atoms with E-state index in [4.69, 9.17) is 5.14 Å². The van der Waals surface area contributed by atoms with Crippen molar-refractivity contribution < 1.29 is 18.1 Å². The highest BCUT2D eigenvalue weighted by molar-refractivity contribution is 7.99. The molecule has 0 radical (unpaired) electrons. The number of rotatable bonds is 9. The van der Waals surface area contributed by atoms with E-state index in [0.717, 1.165) is 48.5 Å². The summed E-state index contributed by atoms with van der Waals surface area (Å²) >= 11 is 1.97. The Labute approximate surface area is 197 Å². The summed E-state index contributed by atoms with van der Waals surface area (Å²) in [4.78, 5) is 25.0. The van der Waals surface area contributed by atoms with Gasteiger partial charge in [-0.2, -0.15) is 11.8 Å². The molecule has 2 aromatic carbocycles. The van der Waals surface area contributed by atoms with Crippen LogP contribution in [0.2, 0.25) is 0 Å². The second-order valence-corrected chi connectivity index (χ2v) is 10.5. The summed E-state index contributed by atoms with van der Waals surface area (Å²) in [6.07, 6.45) is 0.0702. The van der Waals surface area contributed by atoms with Gasteiger partial charge in [-0.1, -0.05) is 12.1 Å². The molecule has 10 nitrogen and oxygen atoms in total. The van der Waals surface area contributed by atoms with Gasteiger partial charge >= 0.3 is 0 Å². The summed E-state index contributed by atoms with van der Waals surface area (Å²) < 4.78 is 22.8. The number of anilines is 2. The Hall–Kier alpha value is -2.67. The molecule has 0 spiro atoms. The SMILES string of the molecule is Cc1cc(CN2CCSCC2)ccc1NC(=O)CCNc1ccc(S(N)(=O)=O)cc1[N+](=O)[O-]. The van der Waals surface area contributed by atoms with Gasteiger partial charge in [-0.25, -0.2) is 13.6 Å². The third-order valence-electron chi connectivity index (χ3n) is 5.24. The van der Waals surface area contributed by atoms with E-state index in [-0.39, 0.29) is 29.5 Å². The lowest BCUT2D eigenvalue weighted by Gasteiger charge is -2.26. The molecule has 0 aliphatic carbocycles. The third-order valence-corrected chi connectivity index (χ3v) is 7.09. The number of primary sulfonamides is 1. The van der Waals surface area contributed by atoms with Crippen molar-refractivity contribution >= 4 is 44.8 Å². The van der Waals surface area contributed by atoms with Gasteiger partial charge in [-0.05, 0) is 36.2 Å². The zero-order valence-electron chi connectivity index (χ0n) is 18.2. The number of nitro benzene ring substituents is 1. The molecule has 4 N–H and O–H groups in total. The molecule has 0 saturated carbocycles. The van der Waals surface area contributed by atoms with Gasteiger partial charge in [0.15, 0.2) is 0 Å². The number of nitro groups is 1. The fourth-order valence-corrected chi connectivity index (χ4v) is 5.01. The van der Waals surface area contributed by atoms with E-state index in [2.05, 4.69) is 21.6 Å². The molecule has 12 heteroatoms. The van der Waals surface area contributed by atoms with Crippen molar-refractivity contribution in [1.29, 1.82) is 0 Å². The lowest BCUT2D eigenvalue weighted by molar-refractivity contribution is -0.384. The van der Waals surface area contributed by atoms with E-state index in [1.807, 2.05) is 30.8 Å². The predicted molar refractivity (Wildman–Crippen MR) is 130 cm³/mol. The number of nitrogens with one attached hydrogen (secondary N) is 2. The molecule has 33 heavy (non-hydrogen) atoms. The average Bonchev–Trinajstić information content (AvgIpc) is 2.75. The Morgan fingerprint density at radius 2 is 1.88 bits per heavy atom. The molecule has 1 aliphatic rings. The second kappa shape index (κ2) is 11.0. The number of nitrogens with zero attached hydrogens (tertiary/aromatic N) is 2. The molecule has 0 unspecified atom stereocenters. The summed E-state index contributed by atoms with van der Waals surface area (Å²) in [6, 6.07) is 9.32. The maximum Gasteiger partial charge on any atom is 0.293 e. The molecule has 178 valence electrons. The van der Waals surface area contributed by atoms with E-state index in [0.29, 0.717) is 0 Å². The van der Waals surface area contributed by atoms with E-state index in [1.165, 1.54) is 17.7 Å². The standard InChI is InChI=1S/C21H27N5O5S2/c1-15-12-16(14-25-8-10-32-11-9-25)2-4-18(15)24-21(27)6-7-23-19-5-3-17(33(22,30)31)13-20(19)26(28)29/h2-5,12-13,23H,6-11,14H2,1H3,(H,24,27)(H2,22,30,31). The highest BCUT2D eigenvalue weighted by Crippen LogP contribution is 2.27. The lowest BCUT2D eigenvalue weighted by atomic mass is 10.1. The first-order valence-electron chi connectivity index (χ1n) is 10.4. The Morgan fingerprint density at radius 3 is 2.52 bits per heavy atom. The lowest BCUT2D eigenvalue weighted by Crippen LogP contribution is -2.31. The molecule has 1 amide bonds. The number of benzene rings is 2. The van der Waals surface area contributed by atoms with Gasteiger partial charge in [-0.15, -0.1) is 0 Å². The molecule has 1 heterocycles. The second-order valence-electron chi connectivity index (χ2n) is 7.74. The number of carbonyl (C=O) groups excluding carboxylic acids is 1. The maximum absolute atomic E-state index is 12.4. The van der Waals surface area contributed by atoms with Gasteiger partial charge in [0.05, 0.1) is 9.82 Å². The number of nitrogens with two attached hydrogens (primary N) is 1. The van der Waals surface area contributed by atoms with Crippen molar-refractivity contribution in [3.63, 3.8) is 0 Å². The molecular formula is C21H27N5O5S2. The topological polar surface area (TPSA) is 148 Å². The Bertz CT molecular complexity index is 1130. The van der Waals surface area contributed by atoms with Crippen molar-refractivity contribution in [2.24, 2.45) is 5.14 Å². The van der Waals surface area contributed by atoms with Crippen molar-refractivity contribution in [3.8, 4) is 0 Å². The van der Waals surface area contributed by atoms with Gasteiger partial charge in [0.25, 0.3) is 5.69 Å². The number of aryl methyl sites for hydroxylation is 1. The summed E-state index contributed by atoms with van der Waals surface area (Å²) in [6.45, 7) is 5.13. The third kappa shape index (κ3) is 7.16. The van der Waals surface area contributed by atoms with Crippen LogP contribution in [0, 0.1) is 17.0 Å². The summed E-state index contributed by atoms with van der Waals surface area (Å²) in [5, 5.41) is 22.0. The van der Waals surface area contributed by atoms with Crippen LogP contribution in [-0.4, -0.2) is 55.3 Å². The minimum absolute atomic E-state index is 0.0702. The minimum atomic E-state index is -4.06. The highest BCUT2D eigenvalue weighted by atomic mass is 32.2. The van der Waals surface area contributed by atoms with Crippen molar-refractivity contribution in [1.82, 2.24) is 4.90 Å². The van der Waals surface area contributed by atoms with Gasteiger partial charge in [-0.3, -0.25) is 19.8 Å². The van der Waals surface area contributed by atoms with E-state index < -0.39 is 20.6 Å². The van der Waals surface area contributed by atoms with E-state index >= 15 is 0 Å². The minimum Gasteiger partial charge on any atom is -0.379 e. The molecular weight excluding hydrogens is 466 g/mol. The van der Waals surface area contributed by atoms with Gasteiger partial charge in [0.1, 0.15) is 5.69 Å². The molecule has 1 aliphatic heterocycles. The molecule has 0 atom stereocenters.